The molecule has 6 nitrogen and oxygen atoms in total. The van der Waals surface area contributed by atoms with Crippen LogP contribution < -0.4 is 4.74 Å². The topological polar surface area (TPSA) is 70.1 Å². The van der Waals surface area contributed by atoms with Gasteiger partial charge in [0.05, 0.1) is 25.1 Å². The molecule has 1 aromatic carbocycles. The smallest absolute Gasteiger partial charge is 0.306 e. The Balaban J connectivity index is 0.00000261. The second-order valence-corrected chi connectivity index (χ2v) is 7.14. The third-order valence-corrected chi connectivity index (χ3v) is 5.44. The minimum atomic E-state index is -0.717. The summed E-state index contributed by atoms with van der Waals surface area (Å²) >= 11 is 0. The highest BCUT2D eigenvalue weighted by atomic mass is 35.5. The van der Waals surface area contributed by atoms with Crippen molar-refractivity contribution in [2.75, 3.05) is 32.8 Å². The average Bonchev–Trinajstić information content (AvgIpc) is 3.13. The summed E-state index contributed by atoms with van der Waals surface area (Å²) in [6.07, 6.45) is 3.27. The molecule has 1 unspecified atom stereocenters. The molecule has 0 radical (unpaired) electrons. The first-order chi connectivity index (χ1) is 12.6. The number of carbonyl (C=O) groups excluding carboxylic acids is 1. The summed E-state index contributed by atoms with van der Waals surface area (Å²) in [5.41, 5.74) is 1.16. The number of rotatable bonds is 6. The van der Waals surface area contributed by atoms with E-state index in [1.165, 1.54) is 0 Å². The Morgan fingerprint density at radius 3 is 2.37 bits per heavy atom. The highest BCUT2D eigenvalue weighted by Gasteiger charge is 2.32. The first kappa shape index (κ1) is 21.5. The highest BCUT2D eigenvalue weighted by Crippen LogP contribution is 2.33. The standard InChI is InChI=1S/C20H28N2O4.ClH/c1-2-26-17-7-5-15(6-8-17)18-4-3-11-22(18)19(23)14-21-12-9-16(10-13-21)20(24)25;/h5-8,16,18H,2-4,9-14H2,1H3,(H,24,25);1H. The predicted octanol–water partition coefficient (Wildman–Crippen LogP) is 2.97. The average molecular weight is 397 g/mol. The van der Waals surface area contributed by atoms with Crippen LogP contribution in [0.25, 0.3) is 0 Å². The molecule has 1 N–H and O–H groups in total. The van der Waals surface area contributed by atoms with Crippen molar-refractivity contribution in [3.8, 4) is 5.75 Å². The second kappa shape index (κ2) is 9.95. The van der Waals surface area contributed by atoms with Crippen molar-refractivity contribution >= 4 is 24.3 Å². The highest BCUT2D eigenvalue weighted by molar-refractivity contribution is 5.85. The molecule has 2 aliphatic rings. The Hall–Kier alpha value is -1.79. The quantitative estimate of drug-likeness (QED) is 0.800. The van der Waals surface area contributed by atoms with Crippen molar-refractivity contribution in [1.29, 1.82) is 0 Å². The Kier molecular flexibility index (Phi) is 7.92. The lowest BCUT2D eigenvalue weighted by atomic mass is 9.97. The van der Waals surface area contributed by atoms with E-state index < -0.39 is 5.97 Å². The second-order valence-electron chi connectivity index (χ2n) is 7.14. The molecule has 0 bridgehead atoms. The van der Waals surface area contributed by atoms with Crippen molar-refractivity contribution in [2.24, 2.45) is 5.92 Å². The maximum Gasteiger partial charge on any atom is 0.306 e. The van der Waals surface area contributed by atoms with Gasteiger partial charge in [-0.05, 0) is 63.4 Å². The lowest BCUT2D eigenvalue weighted by Gasteiger charge is -2.32. The summed E-state index contributed by atoms with van der Waals surface area (Å²) in [5, 5.41) is 9.09. The fourth-order valence-electron chi connectivity index (χ4n) is 3.98. The SMILES string of the molecule is CCOc1ccc(C2CCCN2C(=O)CN2CCC(C(=O)O)CC2)cc1.Cl. The number of nitrogens with zero attached hydrogens (tertiary/aromatic N) is 2. The van der Waals surface area contributed by atoms with Crippen LogP contribution in [0.3, 0.4) is 0 Å². The van der Waals surface area contributed by atoms with Crippen molar-refractivity contribution in [3.63, 3.8) is 0 Å². The number of hydrogen-bond donors (Lipinski definition) is 1. The van der Waals surface area contributed by atoms with Crippen LogP contribution in [0.5, 0.6) is 5.75 Å². The molecule has 0 spiro atoms. The predicted molar refractivity (Wildman–Crippen MR) is 105 cm³/mol. The molecule has 27 heavy (non-hydrogen) atoms. The number of halogens is 1. The molecule has 150 valence electrons. The number of hydrogen-bond acceptors (Lipinski definition) is 4. The van der Waals surface area contributed by atoms with Crippen LogP contribution in [0, 0.1) is 5.92 Å². The van der Waals surface area contributed by atoms with Gasteiger partial charge in [-0.15, -0.1) is 12.4 Å². The molecule has 2 fully saturated rings. The van der Waals surface area contributed by atoms with E-state index in [1.807, 2.05) is 24.0 Å². The van der Waals surface area contributed by atoms with Gasteiger partial charge in [0.15, 0.2) is 0 Å². The van der Waals surface area contributed by atoms with Gasteiger partial charge in [0.25, 0.3) is 0 Å². The molecule has 1 amide bonds. The van der Waals surface area contributed by atoms with Gasteiger partial charge in [-0.25, -0.2) is 0 Å². The van der Waals surface area contributed by atoms with E-state index in [-0.39, 0.29) is 30.3 Å². The number of likely N-dealkylation sites (tertiary alicyclic amines) is 2. The molecule has 1 atom stereocenters. The Labute approximate surface area is 166 Å². The van der Waals surface area contributed by atoms with Gasteiger partial charge >= 0.3 is 5.97 Å². The number of benzene rings is 1. The number of carboxylic acids is 1. The zero-order valence-corrected chi connectivity index (χ0v) is 16.6. The van der Waals surface area contributed by atoms with Gasteiger partial charge in [-0.2, -0.15) is 0 Å². The van der Waals surface area contributed by atoms with Crippen molar-refractivity contribution in [3.05, 3.63) is 29.8 Å². The lowest BCUT2D eigenvalue weighted by Crippen LogP contribution is -2.44. The van der Waals surface area contributed by atoms with Crippen LogP contribution in [0.15, 0.2) is 24.3 Å². The maximum atomic E-state index is 12.8. The van der Waals surface area contributed by atoms with Gasteiger partial charge < -0.3 is 14.7 Å². The molecular formula is C20H29ClN2O4. The molecular weight excluding hydrogens is 368 g/mol. The van der Waals surface area contributed by atoms with E-state index in [4.69, 9.17) is 9.84 Å². The summed E-state index contributed by atoms with van der Waals surface area (Å²) in [4.78, 5) is 28.0. The normalized spacial score (nSPS) is 20.9. The number of ether oxygens (including phenoxy) is 1. The zero-order chi connectivity index (χ0) is 18.5. The van der Waals surface area contributed by atoms with Gasteiger partial charge in [-0.3, -0.25) is 14.5 Å². The van der Waals surface area contributed by atoms with Crippen LogP contribution in [0.4, 0.5) is 0 Å². The van der Waals surface area contributed by atoms with E-state index in [2.05, 4.69) is 17.0 Å². The zero-order valence-electron chi connectivity index (χ0n) is 15.8. The molecule has 0 saturated carbocycles. The number of amides is 1. The van der Waals surface area contributed by atoms with Crippen LogP contribution in [0.1, 0.15) is 44.2 Å². The van der Waals surface area contributed by atoms with Crippen molar-refractivity contribution in [2.45, 2.75) is 38.6 Å². The third kappa shape index (κ3) is 5.36. The first-order valence-electron chi connectivity index (χ1n) is 9.56. The lowest BCUT2D eigenvalue weighted by molar-refractivity contribution is -0.143. The minimum absolute atomic E-state index is 0. The summed E-state index contributed by atoms with van der Waals surface area (Å²) < 4.78 is 5.49. The summed E-state index contributed by atoms with van der Waals surface area (Å²) in [5.74, 6) is 0.0272. The van der Waals surface area contributed by atoms with E-state index in [0.717, 1.165) is 30.7 Å². The largest absolute Gasteiger partial charge is 0.494 e. The number of piperidine rings is 1. The third-order valence-electron chi connectivity index (χ3n) is 5.44. The van der Waals surface area contributed by atoms with Crippen molar-refractivity contribution < 1.29 is 19.4 Å². The van der Waals surface area contributed by atoms with Crippen LogP contribution in [-0.2, 0) is 9.59 Å². The molecule has 2 heterocycles. The van der Waals surface area contributed by atoms with Crippen LogP contribution in [-0.4, -0.2) is 59.6 Å². The first-order valence-corrected chi connectivity index (χ1v) is 9.56. The van der Waals surface area contributed by atoms with Crippen LogP contribution >= 0.6 is 12.4 Å². The van der Waals surface area contributed by atoms with Gasteiger partial charge in [-0.1, -0.05) is 12.1 Å². The fraction of sp³-hybridized carbons (Fsp3) is 0.600. The molecule has 2 saturated heterocycles. The Morgan fingerprint density at radius 1 is 1.11 bits per heavy atom. The molecule has 2 aliphatic heterocycles. The van der Waals surface area contributed by atoms with E-state index in [0.29, 0.717) is 39.1 Å². The Bertz CT molecular complexity index is 629. The van der Waals surface area contributed by atoms with Crippen molar-refractivity contribution in [1.82, 2.24) is 9.80 Å². The minimum Gasteiger partial charge on any atom is -0.494 e. The summed E-state index contributed by atoms with van der Waals surface area (Å²) in [6.45, 7) is 5.16. The number of carbonyl (C=O) groups is 2. The number of aliphatic carboxylic acids is 1. The fourth-order valence-corrected chi connectivity index (χ4v) is 3.98. The molecule has 0 aliphatic carbocycles. The summed E-state index contributed by atoms with van der Waals surface area (Å²) in [7, 11) is 0. The summed E-state index contributed by atoms with van der Waals surface area (Å²) in [6, 6.07) is 8.18. The molecule has 3 rings (SSSR count). The van der Waals surface area contributed by atoms with Gasteiger partial charge in [0, 0.05) is 6.54 Å². The van der Waals surface area contributed by atoms with Gasteiger partial charge in [0.1, 0.15) is 5.75 Å². The molecule has 1 aromatic rings. The van der Waals surface area contributed by atoms with Crippen LogP contribution in [0.2, 0.25) is 0 Å². The Morgan fingerprint density at radius 2 is 1.78 bits per heavy atom. The number of carboxylic acid groups (broad SMARTS) is 1. The van der Waals surface area contributed by atoms with E-state index in [9.17, 15) is 9.59 Å². The van der Waals surface area contributed by atoms with E-state index in [1.54, 1.807) is 0 Å². The van der Waals surface area contributed by atoms with Gasteiger partial charge in [0.2, 0.25) is 5.91 Å². The monoisotopic (exact) mass is 396 g/mol. The van der Waals surface area contributed by atoms with E-state index >= 15 is 0 Å². The maximum absolute atomic E-state index is 12.8. The molecule has 0 aromatic heterocycles. The molecule has 7 heteroatoms.